The maximum Gasteiger partial charge on any atom is 0.119 e. The number of hydrogen-bond donors (Lipinski definition) is 0. The molecule has 0 saturated heterocycles. The zero-order valence-corrected chi connectivity index (χ0v) is 9.22. The van der Waals surface area contributed by atoms with E-state index < -0.39 is 0 Å². The van der Waals surface area contributed by atoms with Crippen LogP contribution in [0.4, 0.5) is 0 Å². The summed E-state index contributed by atoms with van der Waals surface area (Å²) in [7, 11) is 3.63. The van der Waals surface area contributed by atoms with Crippen LogP contribution in [0.1, 0.15) is 5.56 Å². The fourth-order valence-corrected chi connectivity index (χ4v) is 1.90. The van der Waals surface area contributed by atoms with Crippen molar-refractivity contribution in [3.8, 4) is 5.75 Å². The number of ether oxygens (including phenoxy) is 1. The van der Waals surface area contributed by atoms with Crippen molar-refractivity contribution < 1.29 is 4.74 Å². The molecule has 1 aromatic carbocycles. The van der Waals surface area contributed by atoms with Gasteiger partial charge in [0.2, 0.25) is 0 Å². The second-order valence-electron chi connectivity index (χ2n) is 3.36. The van der Waals surface area contributed by atoms with Gasteiger partial charge in [0, 0.05) is 18.0 Å². The lowest BCUT2D eigenvalue weighted by molar-refractivity contribution is 0.415. The van der Waals surface area contributed by atoms with Crippen LogP contribution in [-0.4, -0.2) is 11.7 Å². The molecule has 0 saturated carbocycles. The van der Waals surface area contributed by atoms with E-state index in [4.69, 9.17) is 16.3 Å². The Balaban J connectivity index is 2.82. The largest absolute Gasteiger partial charge is 0.497 e. The van der Waals surface area contributed by atoms with Gasteiger partial charge in [-0.2, -0.15) is 0 Å². The van der Waals surface area contributed by atoms with E-state index in [0.29, 0.717) is 0 Å². The summed E-state index contributed by atoms with van der Waals surface area (Å²) in [5.41, 5.74) is 2.23. The minimum Gasteiger partial charge on any atom is -0.497 e. The standard InChI is InChI=1S/C11H12ClNO/c1-7-9-6-8(14-3)4-5-10(9)13(2)11(7)12/h4-6H,1-3H3. The van der Waals surface area contributed by atoms with Gasteiger partial charge in [0.25, 0.3) is 0 Å². The van der Waals surface area contributed by atoms with Gasteiger partial charge in [0.05, 0.1) is 7.11 Å². The molecule has 14 heavy (non-hydrogen) atoms. The normalized spacial score (nSPS) is 10.9. The van der Waals surface area contributed by atoms with E-state index in [-0.39, 0.29) is 0 Å². The summed E-state index contributed by atoms with van der Waals surface area (Å²) in [6.07, 6.45) is 0. The average Bonchev–Trinajstić information content (AvgIpc) is 2.44. The van der Waals surface area contributed by atoms with Gasteiger partial charge < -0.3 is 9.30 Å². The van der Waals surface area contributed by atoms with Crippen LogP contribution in [-0.2, 0) is 7.05 Å². The Morgan fingerprint density at radius 2 is 2.07 bits per heavy atom. The Labute approximate surface area is 88.0 Å². The SMILES string of the molecule is COc1ccc2c(c1)c(C)c(Cl)n2C. The van der Waals surface area contributed by atoms with Crippen molar-refractivity contribution in [1.29, 1.82) is 0 Å². The highest BCUT2D eigenvalue weighted by atomic mass is 35.5. The molecular weight excluding hydrogens is 198 g/mol. The van der Waals surface area contributed by atoms with Gasteiger partial charge in [0.1, 0.15) is 10.9 Å². The summed E-state index contributed by atoms with van der Waals surface area (Å²) in [5.74, 6) is 0.864. The van der Waals surface area contributed by atoms with Crippen molar-refractivity contribution in [2.75, 3.05) is 7.11 Å². The second kappa shape index (κ2) is 3.21. The topological polar surface area (TPSA) is 14.2 Å². The molecule has 0 amide bonds. The molecule has 2 aromatic rings. The smallest absolute Gasteiger partial charge is 0.119 e. The number of rotatable bonds is 1. The Morgan fingerprint density at radius 1 is 1.36 bits per heavy atom. The van der Waals surface area contributed by atoms with E-state index in [1.54, 1.807) is 7.11 Å². The predicted molar refractivity (Wildman–Crippen MR) is 59.2 cm³/mol. The molecule has 0 unspecified atom stereocenters. The zero-order valence-electron chi connectivity index (χ0n) is 8.47. The van der Waals surface area contributed by atoms with E-state index >= 15 is 0 Å². The molecule has 0 atom stereocenters. The highest BCUT2D eigenvalue weighted by molar-refractivity contribution is 6.32. The number of fused-ring (bicyclic) bond motifs is 1. The fraction of sp³-hybridized carbons (Fsp3) is 0.273. The molecule has 0 bridgehead atoms. The summed E-state index contributed by atoms with van der Waals surface area (Å²) in [5, 5.41) is 1.94. The first-order chi connectivity index (χ1) is 6.65. The number of aromatic nitrogens is 1. The lowest BCUT2D eigenvalue weighted by atomic mass is 10.2. The monoisotopic (exact) mass is 209 g/mol. The molecule has 0 radical (unpaired) electrons. The minimum absolute atomic E-state index is 0.785. The molecule has 1 heterocycles. The van der Waals surface area contributed by atoms with Crippen LogP contribution in [0.15, 0.2) is 18.2 Å². The number of methoxy groups -OCH3 is 1. The van der Waals surface area contributed by atoms with E-state index in [1.165, 1.54) is 0 Å². The molecule has 1 aromatic heterocycles. The minimum atomic E-state index is 0.785. The summed E-state index contributed by atoms with van der Waals surface area (Å²) in [6.45, 7) is 2.02. The molecule has 2 nitrogen and oxygen atoms in total. The highest BCUT2D eigenvalue weighted by Gasteiger charge is 2.09. The van der Waals surface area contributed by atoms with Crippen molar-refractivity contribution in [3.05, 3.63) is 28.9 Å². The molecule has 0 fully saturated rings. The number of benzene rings is 1. The van der Waals surface area contributed by atoms with Crippen LogP contribution in [0.25, 0.3) is 10.9 Å². The van der Waals surface area contributed by atoms with Gasteiger partial charge in [-0.25, -0.2) is 0 Å². The van der Waals surface area contributed by atoms with Crippen LogP contribution in [0.2, 0.25) is 5.15 Å². The number of hydrogen-bond acceptors (Lipinski definition) is 1. The van der Waals surface area contributed by atoms with E-state index in [1.807, 2.05) is 36.7 Å². The van der Waals surface area contributed by atoms with Gasteiger partial charge in [-0.3, -0.25) is 0 Å². The third-order valence-electron chi connectivity index (χ3n) is 2.57. The summed E-state index contributed by atoms with van der Waals surface area (Å²) in [6, 6.07) is 5.97. The van der Waals surface area contributed by atoms with Crippen molar-refractivity contribution in [2.24, 2.45) is 7.05 Å². The third kappa shape index (κ3) is 1.18. The van der Waals surface area contributed by atoms with Crippen LogP contribution in [0.3, 0.4) is 0 Å². The van der Waals surface area contributed by atoms with Gasteiger partial charge in [-0.15, -0.1) is 0 Å². The van der Waals surface area contributed by atoms with E-state index in [9.17, 15) is 0 Å². The number of nitrogens with zero attached hydrogens (tertiary/aromatic N) is 1. The summed E-state index contributed by atoms with van der Waals surface area (Å²) >= 11 is 6.14. The molecule has 3 heteroatoms. The van der Waals surface area contributed by atoms with Crippen molar-refractivity contribution in [1.82, 2.24) is 4.57 Å². The van der Waals surface area contributed by atoms with E-state index in [0.717, 1.165) is 27.4 Å². The number of halogens is 1. The van der Waals surface area contributed by atoms with E-state index in [2.05, 4.69) is 0 Å². The first-order valence-electron chi connectivity index (χ1n) is 4.43. The zero-order chi connectivity index (χ0) is 10.3. The Bertz CT molecular complexity index is 487. The average molecular weight is 210 g/mol. The number of aryl methyl sites for hydroxylation is 2. The van der Waals surface area contributed by atoms with Crippen molar-refractivity contribution >= 4 is 22.5 Å². The van der Waals surface area contributed by atoms with Gasteiger partial charge in [-0.1, -0.05) is 11.6 Å². The van der Waals surface area contributed by atoms with Gasteiger partial charge >= 0.3 is 0 Å². The Morgan fingerprint density at radius 3 is 2.71 bits per heavy atom. The molecule has 0 spiro atoms. The van der Waals surface area contributed by atoms with Crippen LogP contribution >= 0.6 is 11.6 Å². The predicted octanol–water partition coefficient (Wildman–Crippen LogP) is 3.15. The van der Waals surface area contributed by atoms with Crippen LogP contribution in [0.5, 0.6) is 5.75 Å². The molecular formula is C11H12ClNO. The Kier molecular flexibility index (Phi) is 2.16. The van der Waals surface area contributed by atoms with Crippen molar-refractivity contribution in [3.63, 3.8) is 0 Å². The van der Waals surface area contributed by atoms with Crippen molar-refractivity contribution in [2.45, 2.75) is 6.92 Å². The Hall–Kier alpha value is -1.15. The maximum atomic E-state index is 6.14. The third-order valence-corrected chi connectivity index (χ3v) is 3.11. The molecule has 0 aliphatic rings. The first-order valence-corrected chi connectivity index (χ1v) is 4.81. The quantitative estimate of drug-likeness (QED) is 0.704. The highest BCUT2D eigenvalue weighted by Crippen LogP contribution is 2.30. The second-order valence-corrected chi connectivity index (χ2v) is 3.72. The summed E-state index contributed by atoms with van der Waals surface area (Å²) in [4.78, 5) is 0. The van der Waals surface area contributed by atoms with Crippen LogP contribution in [0, 0.1) is 6.92 Å². The molecule has 74 valence electrons. The van der Waals surface area contributed by atoms with Crippen LogP contribution < -0.4 is 4.74 Å². The van der Waals surface area contributed by atoms with Gasteiger partial charge in [0.15, 0.2) is 0 Å². The maximum absolute atomic E-state index is 6.14. The molecule has 0 aliphatic heterocycles. The molecule has 2 rings (SSSR count). The lowest BCUT2D eigenvalue weighted by Gasteiger charge is -2.00. The molecule has 0 aliphatic carbocycles. The van der Waals surface area contributed by atoms with Gasteiger partial charge in [-0.05, 0) is 30.7 Å². The first kappa shape index (κ1) is 9.41. The lowest BCUT2D eigenvalue weighted by Crippen LogP contribution is -1.86. The fourth-order valence-electron chi connectivity index (χ4n) is 1.70. The summed E-state index contributed by atoms with van der Waals surface area (Å²) < 4.78 is 7.15. The molecule has 0 N–H and O–H groups in total.